The maximum Gasteiger partial charge on any atom is 0.129 e. The number of aromatic nitrogens is 2. The predicted octanol–water partition coefficient (Wildman–Crippen LogP) is 2.48. The zero-order chi connectivity index (χ0) is 10.5. The van der Waals surface area contributed by atoms with E-state index < -0.39 is 0 Å². The van der Waals surface area contributed by atoms with Crippen LogP contribution >= 0.6 is 11.8 Å². The Morgan fingerprint density at radius 1 is 1.47 bits per heavy atom. The van der Waals surface area contributed by atoms with E-state index in [2.05, 4.69) is 27.0 Å². The maximum absolute atomic E-state index is 4.19. The lowest BCUT2D eigenvalue weighted by molar-refractivity contribution is 0.677. The molecule has 1 atom stereocenters. The Morgan fingerprint density at radius 2 is 2.40 bits per heavy atom. The minimum absolute atomic E-state index is 0.758. The molecule has 4 heteroatoms. The van der Waals surface area contributed by atoms with Crippen LogP contribution in [0.3, 0.4) is 0 Å². The highest BCUT2D eigenvalue weighted by Gasteiger charge is 2.13. The van der Waals surface area contributed by atoms with Crippen molar-refractivity contribution in [2.24, 2.45) is 0 Å². The number of rotatable bonds is 3. The Balaban J connectivity index is 1.81. The van der Waals surface area contributed by atoms with Gasteiger partial charge in [-0.1, -0.05) is 6.42 Å². The average Bonchev–Trinajstić information content (AvgIpc) is 2.28. The number of anilines is 1. The smallest absolute Gasteiger partial charge is 0.129 e. The monoisotopic (exact) mass is 223 g/mol. The predicted molar refractivity (Wildman–Crippen MR) is 65.4 cm³/mol. The molecule has 0 amide bonds. The Kier molecular flexibility index (Phi) is 3.83. The molecule has 1 aliphatic rings. The molecule has 0 aliphatic carbocycles. The summed E-state index contributed by atoms with van der Waals surface area (Å²) in [6, 6.07) is 1.99. The second kappa shape index (κ2) is 5.35. The lowest BCUT2D eigenvalue weighted by Crippen LogP contribution is -2.20. The van der Waals surface area contributed by atoms with Crippen LogP contribution in [0.4, 0.5) is 5.82 Å². The van der Waals surface area contributed by atoms with Crippen LogP contribution in [0.25, 0.3) is 0 Å². The molecule has 1 aliphatic heterocycles. The molecule has 1 N–H and O–H groups in total. The van der Waals surface area contributed by atoms with Gasteiger partial charge in [-0.25, -0.2) is 9.97 Å². The van der Waals surface area contributed by atoms with Crippen molar-refractivity contribution in [3.63, 3.8) is 0 Å². The summed E-state index contributed by atoms with van der Waals surface area (Å²) in [7, 11) is 0. The van der Waals surface area contributed by atoms with Gasteiger partial charge in [0.15, 0.2) is 0 Å². The highest BCUT2D eigenvalue weighted by Crippen LogP contribution is 2.24. The first-order valence-corrected chi connectivity index (χ1v) is 6.53. The van der Waals surface area contributed by atoms with E-state index in [0.29, 0.717) is 0 Å². The minimum atomic E-state index is 0.758. The maximum atomic E-state index is 4.19. The quantitative estimate of drug-likeness (QED) is 0.854. The number of hydrogen-bond acceptors (Lipinski definition) is 4. The zero-order valence-electron chi connectivity index (χ0n) is 9.07. The average molecular weight is 223 g/mol. The third-order valence-electron chi connectivity index (χ3n) is 2.59. The molecule has 15 heavy (non-hydrogen) atoms. The van der Waals surface area contributed by atoms with E-state index in [1.807, 2.05) is 13.0 Å². The normalized spacial score (nSPS) is 21.3. The van der Waals surface area contributed by atoms with Gasteiger partial charge in [-0.05, 0) is 25.5 Å². The third-order valence-corrected chi connectivity index (χ3v) is 3.99. The van der Waals surface area contributed by atoms with Crippen molar-refractivity contribution < 1.29 is 0 Å². The van der Waals surface area contributed by atoms with Crippen molar-refractivity contribution in [3.8, 4) is 0 Å². The molecule has 0 bridgehead atoms. The molecule has 1 saturated heterocycles. The van der Waals surface area contributed by atoms with Crippen LogP contribution in [0.1, 0.15) is 25.0 Å². The molecular weight excluding hydrogens is 206 g/mol. The highest BCUT2D eigenvalue weighted by molar-refractivity contribution is 7.99. The van der Waals surface area contributed by atoms with Crippen molar-refractivity contribution in [3.05, 3.63) is 18.1 Å². The largest absolute Gasteiger partial charge is 0.369 e. The minimum Gasteiger partial charge on any atom is -0.369 e. The van der Waals surface area contributed by atoms with Gasteiger partial charge < -0.3 is 5.32 Å². The second-order valence-corrected chi connectivity index (χ2v) is 5.32. The summed E-state index contributed by atoms with van der Waals surface area (Å²) < 4.78 is 0. The molecule has 1 unspecified atom stereocenters. The fraction of sp³-hybridized carbons (Fsp3) is 0.636. The lowest BCUT2D eigenvalue weighted by atomic mass is 10.2. The van der Waals surface area contributed by atoms with Crippen LogP contribution in [0.5, 0.6) is 0 Å². The molecule has 0 radical (unpaired) electrons. The first kappa shape index (κ1) is 10.7. The summed E-state index contributed by atoms with van der Waals surface area (Å²) in [4.78, 5) is 8.27. The molecule has 2 heterocycles. The molecule has 82 valence electrons. The molecule has 1 aromatic rings. The Morgan fingerprint density at radius 3 is 3.13 bits per heavy atom. The topological polar surface area (TPSA) is 37.8 Å². The van der Waals surface area contributed by atoms with Gasteiger partial charge in [0, 0.05) is 23.6 Å². The summed E-state index contributed by atoms with van der Waals surface area (Å²) in [5.41, 5.74) is 1.02. The summed E-state index contributed by atoms with van der Waals surface area (Å²) >= 11 is 2.08. The summed E-state index contributed by atoms with van der Waals surface area (Å²) in [5.74, 6) is 2.27. The number of hydrogen-bond donors (Lipinski definition) is 1. The van der Waals surface area contributed by atoms with Crippen molar-refractivity contribution in [2.45, 2.75) is 31.4 Å². The SMILES string of the molecule is Cc1cc(NCC2CCCCS2)ncn1. The van der Waals surface area contributed by atoms with Crippen molar-refractivity contribution in [2.75, 3.05) is 17.6 Å². The first-order chi connectivity index (χ1) is 7.34. The van der Waals surface area contributed by atoms with Gasteiger partial charge in [0.1, 0.15) is 12.1 Å². The standard InChI is InChI=1S/C11H17N3S/c1-9-6-11(14-8-13-9)12-7-10-4-2-3-5-15-10/h6,8,10H,2-5,7H2,1H3,(H,12,13,14). The van der Waals surface area contributed by atoms with Gasteiger partial charge >= 0.3 is 0 Å². The molecule has 0 aromatic carbocycles. The van der Waals surface area contributed by atoms with Crippen LogP contribution in [0.15, 0.2) is 12.4 Å². The van der Waals surface area contributed by atoms with E-state index in [9.17, 15) is 0 Å². The number of nitrogens with zero attached hydrogens (tertiary/aromatic N) is 2. The Bertz CT molecular complexity index is 310. The molecule has 2 rings (SSSR count). The summed E-state index contributed by atoms with van der Waals surface area (Å²) in [5, 5.41) is 4.14. The fourth-order valence-electron chi connectivity index (χ4n) is 1.74. The van der Waals surface area contributed by atoms with Gasteiger partial charge in [0.2, 0.25) is 0 Å². The highest BCUT2D eigenvalue weighted by atomic mass is 32.2. The lowest BCUT2D eigenvalue weighted by Gasteiger charge is -2.21. The van der Waals surface area contributed by atoms with Crippen LogP contribution in [0.2, 0.25) is 0 Å². The summed E-state index contributed by atoms with van der Waals surface area (Å²) in [6.45, 7) is 3.02. The van der Waals surface area contributed by atoms with Gasteiger partial charge in [-0.2, -0.15) is 11.8 Å². The number of thioether (sulfide) groups is 1. The molecular formula is C11H17N3S. The van der Waals surface area contributed by atoms with Crippen molar-refractivity contribution in [1.82, 2.24) is 9.97 Å². The van der Waals surface area contributed by atoms with Gasteiger partial charge in [-0.3, -0.25) is 0 Å². The van der Waals surface area contributed by atoms with E-state index in [1.165, 1.54) is 25.0 Å². The van der Waals surface area contributed by atoms with Gasteiger partial charge in [0.05, 0.1) is 0 Å². The van der Waals surface area contributed by atoms with Crippen molar-refractivity contribution >= 4 is 17.6 Å². The first-order valence-electron chi connectivity index (χ1n) is 5.49. The van der Waals surface area contributed by atoms with E-state index >= 15 is 0 Å². The molecule has 1 fully saturated rings. The molecule has 3 nitrogen and oxygen atoms in total. The number of aryl methyl sites for hydroxylation is 1. The second-order valence-electron chi connectivity index (χ2n) is 3.91. The van der Waals surface area contributed by atoms with E-state index in [1.54, 1.807) is 6.33 Å². The van der Waals surface area contributed by atoms with Crippen LogP contribution < -0.4 is 5.32 Å². The molecule has 1 aromatic heterocycles. The third kappa shape index (κ3) is 3.38. The Hall–Kier alpha value is -0.770. The number of nitrogens with one attached hydrogen (secondary N) is 1. The zero-order valence-corrected chi connectivity index (χ0v) is 9.89. The van der Waals surface area contributed by atoms with Crippen LogP contribution in [-0.2, 0) is 0 Å². The van der Waals surface area contributed by atoms with E-state index in [-0.39, 0.29) is 0 Å². The molecule has 0 spiro atoms. The van der Waals surface area contributed by atoms with Gasteiger partial charge in [0.25, 0.3) is 0 Å². The van der Waals surface area contributed by atoms with Crippen molar-refractivity contribution in [1.29, 1.82) is 0 Å². The van der Waals surface area contributed by atoms with E-state index in [0.717, 1.165) is 23.3 Å². The molecule has 0 saturated carbocycles. The van der Waals surface area contributed by atoms with Crippen LogP contribution in [-0.4, -0.2) is 27.5 Å². The summed E-state index contributed by atoms with van der Waals surface area (Å²) in [6.07, 6.45) is 5.71. The fourth-order valence-corrected chi connectivity index (χ4v) is 2.98. The van der Waals surface area contributed by atoms with Gasteiger partial charge in [-0.15, -0.1) is 0 Å². The Labute approximate surface area is 95.1 Å². The van der Waals surface area contributed by atoms with Crippen LogP contribution in [0, 0.1) is 6.92 Å². The van der Waals surface area contributed by atoms with E-state index in [4.69, 9.17) is 0 Å².